The van der Waals surface area contributed by atoms with E-state index in [1.54, 1.807) is 0 Å². The molecule has 1 N–H and O–H groups in total. The summed E-state index contributed by atoms with van der Waals surface area (Å²) in [5.74, 6) is 0. The van der Waals surface area contributed by atoms with Crippen molar-refractivity contribution in [2.24, 2.45) is 0 Å². The van der Waals surface area contributed by atoms with Crippen molar-refractivity contribution in [3.8, 4) is 5.69 Å². The fraction of sp³-hybridized carbons (Fsp3) is 0.308. The highest BCUT2D eigenvalue weighted by molar-refractivity contribution is 5.44. The Morgan fingerprint density at radius 1 is 1.25 bits per heavy atom. The van der Waals surface area contributed by atoms with Gasteiger partial charge in [-0.15, -0.1) is 0 Å². The monoisotopic (exact) mass is 216 g/mol. The summed E-state index contributed by atoms with van der Waals surface area (Å²) in [6, 6.07) is 5.97. The van der Waals surface area contributed by atoms with E-state index in [1.165, 1.54) is 0 Å². The number of aliphatic hydroxyl groups excluding tert-OH is 1. The first kappa shape index (κ1) is 10.9. The summed E-state index contributed by atoms with van der Waals surface area (Å²) in [4.78, 5) is 4.29. The van der Waals surface area contributed by atoms with E-state index in [-0.39, 0.29) is 6.61 Å². The first-order valence-corrected chi connectivity index (χ1v) is 5.35. The second kappa shape index (κ2) is 4.10. The first-order chi connectivity index (χ1) is 7.63. The molecular formula is C13H16N2O. The van der Waals surface area contributed by atoms with Gasteiger partial charge in [0.2, 0.25) is 0 Å². The van der Waals surface area contributed by atoms with Crippen LogP contribution in [0.2, 0.25) is 0 Å². The van der Waals surface area contributed by atoms with Crippen molar-refractivity contribution in [1.82, 2.24) is 9.55 Å². The van der Waals surface area contributed by atoms with Crippen LogP contribution < -0.4 is 0 Å². The zero-order valence-corrected chi connectivity index (χ0v) is 9.86. The maximum Gasteiger partial charge on any atom is 0.0997 e. The van der Waals surface area contributed by atoms with Crippen LogP contribution in [0, 0.1) is 20.8 Å². The lowest BCUT2D eigenvalue weighted by atomic mass is 10.1. The molecule has 0 aliphatic heterocycles. The molecule has 1 aromatic carbocycles. The normalized spacial score (nSPS) is 10.8. The quantitative estimate of drug-likeness (QED) is 0.836. The van der Waals surface area contributed by atoms with Crippen molar-refractivity contribution in [2.45, 2.75) is 27.4 Å². The molecule has 0 atom stereocenters. The number of nitrogens with zero attached hydrogens (tertiary/aromatic N) is 2. The number of rotatable bonds is 2. The molecule has 0 radical (unpaired) electrons. The molecule has 84 valence electrons. The highest BCUT2D eigenvalue weighted by atomic mass is 16.3. The molecule has 2 aromatic rings. The number of aliphatic hydroxyl groups is 1. The van der Waals surface area contributed by atoms with Crippen molar-refractivity contribution >= 4 is 0 Å². The Kier molecular flexibility index (Phi) is 2.79. The fourth-order valence-electron chi connectivity index (χ4n) is 1.83. The fourth-order valence-corrected chi connectivity index (χ4v) is 1.83. The van der Waals surface area contributed by atoms with Crippen LogP contribution in [0.4, 0.5) is 0 Å². The van der Waals surface area contributed by atoms with Crippen molar-refractivity contribution in [2.75, 3.05) is 0 Å². The smallest absolute Gasteiger partial charge is 0.0997 e. The topological polar surface area (TPSA) is 38.0 Å². The Bertz CT molecular complexity index is 515. The first-order valence-electron chi connectivity index (χ1n) is 5.35. The Morgan fingerprint density at radius 3 is 2.50 bits per heavy atom. The summed E-state index contributed by atoms with van der Waals surface area (Å²) in [5, 5.41) is 9.06. The largest absolute Gasteiger partial charge is 0.392 e. The molecule has 1 heterocycles. The Hall–Kier alpha value is -1.61. The lowest BCUT2D eigenvalue weighted by Gasteiger charge is -2.10. The van der Waals surface area contributed by atoms with Gasteiger partial charge in [0.1, 0.15) is 0 Å². The minimum absolute atomic E-state index is 0.0864. The number of hydrogen-bond donors (Lipinski definition) is 1. The van der Waals surface area contributed by atoms with Gasteiger partial charge in [-0.25, -0.2) is 4.98 Å². The molecule has 2 rings (SSSR count). The Labute approximate surface area is 95.4 Å². The van der Waals surface area contributed by atoms with Gasteiger partial charge in [-0.05, 0) is 38.0 Å². The zero-order valence-electron chi connectivity index (χ0n) is 9.86. The van der Waals surface area contributed by atoms with Crippen LogP contribution in [0.15, 0.2) is 24.5 Å². The number of aryl methyl sites for hydroxylation is 2. The molecule has 0 aliphatic rings. The predicted molar refractivity (Wildman–Crippen MR) is 63.7 cm³/mol. The molecule has 0 saturated heterocycles. The number of imidazole rings is 1. The van der Waals surface area contributed by atoms with E-state index in [2.05, 4.69) is 16.5 Å². The van der Waals surface area contributed by atoms with E-state index >= 15 is 0 Å². The van der Waals surface area contributed by atoms with Gasteiger partial charge in [0.15, 0.2) is 0 Å². The van der Waals surface area contributed by atoms with Gasteiger partial charge in [-0.3, -0.25) is 0 Å². The lowest BCUT2D eigenvalue weighted by Crippen LogP contribution is -1.99. The zero-order chi connectivity index (χ0) is 11.7. The lowest BCUT2D eigenvalue weighted by molar-refractivity contribution is 0.282. The van der Waals surface area contributed by atoms with Gasteiger partial charge in [-0.2, -0.15) is 0 Å². The molecule has 0 fully saturated rings. The molecule has 1 aromatic heterocycles. The summed E-state index contributed by atoms with van der Waals surface area (Å²) >= 11 is 0. The van der Waals surface area contributed by atoms with E-state index in [1.807, 2.05) is 38.4 Å². The predicted octanol–water partition coefficient (Wildman–Crippen LogP) is 2.29. The van der Waals surface area contributed by atoms with Crippen LogP contribution in [0.1, 0.15) is 22.5 Å². The summed E-state index contributed by atoms with van der Waals surface area (Å²) in [7, 11) is 0. The second-order valence-corrected chi connectivity index (χ2v) is 4.06. The summed E-state index contributed by atoms with van der Waals surface area (Å²) in [6.45, 7) is 6.19. The van der Waals surface area contributed by atoms with Gasteiger partial charge in [0.05, 0.1) is 18.6 Å². The molecule has 3 heteroatoms. The van der Waals surface area contributed by atoms with Crippen LogP contribution in [0.25, 0.3) is 5.69 Å². The maximum atomic E-state index is 9.06. The van der Waals surface area contributed by atoms with Crippen molar-refractivity contribution < 1.29 is 5.11 Å². The van der Waals surface area contributed by atoms with Crippen LogP contribution in [-0.4, -0.2) is 14.7 Å². The number of aromatic nitrogens is 2. The third kappa shape index (κ3) is 1.74. The Balaban J connectivity index is 2.52. The van der Waals surface area contributed by atoms with E-state index in [0.29, 0.717) is 0 Å². The minimum atomic E-state index is 0.0864. The highest BCUT2D eigenvalue weighted by Crippen LogP contribution is 2.19. The van der Waals surface area contributed by atoms with E-state index in [0.717, 1.165) is 28.2 Å². The molecule has 0 saturated carbocycles. The van der Waals surface area contributed by atoms with E-state index in [4.69, 9.17) is 5.11 Å². The van der Waals surface area contributed by atoms with E-state index < -0.39 is 0 Å². The van der Waals surface area contributed by atoms with Crippen molar-refractivity contribution in [1.29, 1.82) is 0 Å². The van der Waals surface area contributed by atoms with Crippen LogP contribution in [-0.2, 0) is 6.61 Å². The molecule has 3 nitrogen and oxygen atoms in total. The van der Waals surface area contributed by atoms with Gasteiger partial charge < -0.3 is 9.67 Å². The minimum Gasteiger partial charge on any atom is -0.392 e. The Morgan fingerprint density at radius 2 is 2.00 bits per heavy atom. The highest BCUT2D eigenvalue weighted by Gasteiger charge is 2.07. The average molecular weight is 216 g/mol. The van der Waals surface area contributed by atoms with Gasteiger partial charge in [0.25, 0.3) is 0 Å². The molecule has 0 spiro atoms. The summed E-state index contributed by atoms with van der Waals surface area (Å²) in [6.07, 6.45) is 1.84. The molecule has 0 aliphatic carbocycles. The third-order valence-corrected chi connectivity index (χ3v) is 2.96. The third-order valence-electron chi connectivity index (χ3n) is 2.96. The number of hydrogen-bond acceptors (Lipinski definition) is 2. The SMILES string of the molecule is Cc1cc(CO)ccc1-n1cnc(C)c1C. The van der Waals surface area contributed by atoms with Gasteiger partial charge in [0, 0.05) is 11.4 Å². The van der Waals surface area contributed by atoms with Gasteiger partial charge in [-0.1, -0.05) is 12.1 Å². The van der Waals surface area contributed by atoms with Crippen LogP contribution in [0.3, 0.4) is 0 Å². The molecular weight excluding hydrogens is 200 g/mol. The number of benzene rings is 1. The van der Waals surface area contributed by atoms with Crippen molar-refractivity contribution in [3.63, 3.8) is 0 Å². The van der Waals surface area contributed by atoms with E-state index in [9.17, 15) is 0 Å². The van der Waals surface area contributed by atoms with Gasteiger partial charge >= 0.3 is 0 Å². The standard InChI is InChI=1S/C13H16N2O/c1-9-6-12(7-16)4-5-13(9)15-8-14-10(2)11(15)3/h4-6,8,16H,7H2,1-3H3. The molecule has 0 unspecified atom stereocenters. The maximum absolute atomic E-state index is 9.06. The van der Waals surface area contributed by atoms with Crippen molar-refractivity contribution in [3.05, 3.63) is 47.0 Å². The van der Waals surface area contributed by atoms with Crippen LogP contribution >= 0.6 is 0 Å². The molecule has 16 heavy (non-hydrogen) atoms. The summed E-state index contributed by atoms with van der Waals surface area (Å²) < 4.78 is 2.08. The second-order valence-electron chi connectivity index (χ2n) is 4.06. The molecule has 0 bridgehead atoms. The molecule has 0 amide bonds. The van der Waals surface area contributed by atoms with Crippen LogP contribution in [0.5, 0.6) is 0 Å². The average Bonchev–Trinajstić information content (AvgIpc) is 2.60. The summed E-state index contributed by atoms with van der Waals surface area (Å²) in [5.41, 5.74) is 5.41.